The van der Waals surface area contributed by atoms with Crippen LogP contribution in [0.4, 0.5) is 0 Å². The molecule has 18 heavy (non-hydrogen) atoms. The number of hydrogen-bond acceptors (Lipinski definition) is 3. The van der Waals surface area contributed by atoms with E-state index in [9.17, 15) is 0 Å². The second kappa shape index (κ2) is 3.96. The van der Waals surface area contributed by atoms with Gasteiger partial charge in [-0.15, -0.1) is 6.42 Å². The van der Waals surface area contributed by atoms with Crippen molar-refractivity contribution >= 4 is 0 Å². The van der Waals surface area contributed by atoms with Gasteiger partial charge in [0.1, 0.15) is 11.7 Å². The third-order valence-electron chi connectivity index (χ3n) is 5.36. The first-order chi connectivity index (χ1) is 8.56. The Balaban J connectivity index is 1.98. The highest BCUT2D eigenvalue weighted by atomic mass is 16.7. The van der Waals surface area contributed by atoms with Gasteiger partial charge in [0.25, 0.3) is 0 Å². The molecule has 3 aliphatic rings. The van der Waals surface area contributed by atoms with Crippen molar-refractivity contribution in [3.8, 4) is 12.3 Å². The van der Waals surface area contributed by atoms with Crippen LogP contribution in [-0.4, -0.2) is 31.2 Å². The van der Waals surface area contributed by atoms with E-state index in [0.29, 0.717) is 29.8 Å². The molecule has 0 N–H and O–H groups in total. The quantitative estimate of drug-likeness (QED) is 0.667. The van der Waals surface area contributed by atoms with Crippen LogP contribution < -0.4 is 0 Å². The van der Waals surface area contributed by atoms with Gasteiger partial charge in [0, 0.05) is 13.0 Å². The van der Waals surface area contributed by atoms with Crippen molar-refractivity contribution < 1.29 is 14.2 Å². The normalized spacial score (nSPS) is 58.3. The summed E-state index contributed by atoms with van der Waals surface area (Å²) in [7, 11) is 1.69. The van der Waals surface area contributed by atoms with Crippen LogP contribution in [0.1, 0.15) is 27.2 Å². The lowest BCUT2D eigenvalue weighted by molar-refractivity contribution is -0.387. The Morgan fingerprint density at radius 2 is 2.06 bits per heavy atom. The van der Waals surface area contributed by atoms with E-state index in [1.54, 1.807) is 7.11 Å². The van der Waals surface area contributed by atoms with Gasteiger partial charge in [-0.25, -0.2) is 0 Å². The molecule has 0 radical (unpaired) electrons. The summed E-state index contributed by atoms with van der Waals surface area (Å²) >= 11 is 0. The molecule has 1 saturated carbocycles. The van der Waals surface area contributed by atoms with E-state index in [4.69, 9.17) is 20.6 Å². The monoisotopic (exact) mass is 250 g/mol. The van der Waals surface area contributed by atoms with Gasteiger partial charge in [-0.05, 0) is 31.1 Å². The Hall–Kier alpha value is -0.560. The van der Waals surface area contributed by atoms with Gasteiger partial charge < -0.3 is 14.2 Å². The molecule has 0 amide bonds. The summed E-state index contributed by atoms with van der Waals surface area (Å²) < 4.78 is 17.7. The summed E-state index contributed by atoms with van der Waals surface area (Å²) in [5.74, 6) is 4.73. The van der Waals surface area contributed by atoms with E-state index < -0.39 is 0 Å². The van der Waals surface area contributed by atoms with Gasteiger partial charge in [0.15, 0.2) is 6.29 Å². The summed E-state index contributed by atoms with van der Waals surface area (Å²) in [5.41, 5.74) is -0.250. The second-order valence-electron chi connectivity index (χ2n) is 6.17. The molecule has 0 bridgehead atoms. The van der Waals surface area contributed by atoms with Crippen LogP contribution in [0.5, 0.6) is 0 Å². The lowest BCUT2D eigenvalue weighted by Crippen LogP contribution is -2.71. The molecule has 8 atom stereocenters. The van der Waals surface area contributed by atoms with Crippen LogP contribution in [0.3, 0.4) is 0 Å². The van der Waals surface area contributed by atoms with Crippen LogP contribution in [0, 0.1) is 36.0 Å². The highest BCUT2D eigenvalue weighted by Crippen LogP contribution is 2.63. The van der Waals surface area contributed by atoms with Crippen LogP contribution in [0.15, 0.2) is 0 Å². The third kappa shape index (κ3) is 1.27. The Labute approximate surface area is 109 Å². The molecule has 3 rings (SSSR count). The number of rotatable bonds is 1. The maximum absolute atomic E-state index is 6.17. The van der Waals surface area contributed by atoms with Crippen LogP contribution >= 0.6 is 0 Å². The number of methoxy groups -OCH3 is 1. The standard InChI is InChI=1S/C15H22O3/c1-6-12-9(3)11-7-8(2)13-10(4)18-15(11,13)14(16-5)17-12/h1,8-14H,7H2,2-5H3/t8?,9-,10?,11+,12-,13?,14+,15+/m1/s1. The third-order valence-corrected chi connectivity index (χ3v) is 5.36. The Kier molecular flexibility index (Phi) is 2.75. The molecule has 0 aromatic carbocycles. The molecule has 3 unspecified atom stereocenters. The molecular weight excluding hydrogens is 228 g/mol. The van der Waals surface area contributed by atoms with E-state index >= 15 is 0 Å². The molecule has 1 aliphatic carbocycles. The zero-order chi connectivity index (χ0) is 13.1. The number of ether oxygens (including phenoxy) is 3. The minimum Gasteiger partial charge on any atom is -0.366 e. The van der Waals surface area contributed by atoms with Crippen molar-refractivity contribution in [1.82, 2.24) is 0 Å². The Morgan fingerprint density at radius 3 is 2.61 bits per heavy atom. The van der Waals surface area contributed by atoms with Crippen molar-refractivity contribution in [2.75, 3.05) is 7.11 Å². The summed E-state index contributed by atoms with van der Waals surface area (Å²) in [6.45, 7) is 6.65. The number of hydrogen-bond donors (Lipinski definition) is 0. The predicted molar refractivity (Wildman–Crippen MR) is 67.7 cm³/mol. The molecule has 2 saturated heterocycles. The molecule has 3 heteroatoms. The molecule has 0 aromatic rings. The molecule has 0 aromatic heterocycles. The fourth-order valence-electron chi connectivity index (χ4n) is 4.76. The summed E-state index contributed by atoms with van der Waals surface area (Å²) in [6.07, 6.45) is 6.58. The fourth-order valence-corrected chi connectivity index (χ4v) is 4.76. The highest BCUT2D eigenvalue weighted by Gasteiger charge is 2.72. The van der Waals surface area contributed by atoms with Gasteiger partial charge in [-0.3, -0.25) is 0 Å². The van der Waals surface area contributed by atoms with Crippen LogP contribution in [0.25, 0.3) is 0 Å². The van der Waals surface area contributed by atoms with E-state index in [1.807, 2.05) is 0 Å². The van der Waals surface area contributed by atoms with Gasteiger partial charge >= 0.3 is 0 Å². The zero-order valence-electron chi connectivity index (χ0n) is 11.6. The minimum atomic E-state index is -0.314. The molecule has 2 aliphatic heterocycles. The summed E-state index contributed by atoms with van der Waals surface area (Å²) in [6, 6.07) is 0. The van der Waals surface area contributed by atoms with Gasteiger partial charge in [-0.1, -0.05) is 19.8 Å². The smallest absolute Gasteiger partial charge is 0.188 e. The van der Waals surface area contributed by atoms with Gasteiger partial charge in [0.05, 0.1) is 6.10 Å². The van der Waals surface area contributed by atoms with E-state index in [1.165, 1.54) is 0 Å². The Bertz CT molecular complexity index is 388. The lowest BCUT2D eigenvalue weighted by atomic mass is 9.67. The SMILES string of the molecule is C#C[C@H]1O[C@H](OC)[C@@]23OC(C)C2C(C)C[C@H]3[C@H]1C. The first-order valence-electron chi connectivity index (χ1n) is 6.88. The highest BCUT2D eigenvalue weighted by molar-refractivity contribution is 5.19. The van der Waals surface area contributed by atoms with Gasteiger partial charge in [0.2, 0.25) is 0 Å². The average molecular weight is 250 g/mol. The van der Waals surface area contributed by atoms with E-state index in [-0.39, 0.29) is 18.0 Å². The molecule has 2 heterocycles. The predicted octanol–water partition coefficient (Wildman–Crippen LogP) is 2.06. The Morgan fingerprint density at radius 1 is 1.33 bits per heavy atom. The summed E-state index contributed by atoms with van der Waals surface area (Å²) in [5, 5.41) is 0. The molecule has 3 fully saturated rings. The maximum atomic E-state index is 6.17. The van der Waals surface area contributed by atoms with Gasteiger partial charge in [-0.2, -0.15) is 0 Å². The molecule has 1 spiro atoms. The largest absolute Gasteiger partial charge is 0.366 e. The molecule has 100 valence electrons. The van der Waals surface area contributed by atoms with E-state index in [0.717, 1.165) is 6.42 Å². The van der Waals surface area contributed by atoms with Crippen LogP contribution in [-0.2, 0) is 14.2 Å². The van der Waals surface area contributed by atoms with E-state index in [2.05, 4.69) is 26.7 Å². The van der Waals surface area contributed by atoms with Crippen molar-refractivity contribution in [3.05, 3.63) is 0 Å². The first kappa shape index (κ1) is 12.5. The molecular formula is C15H22O3. The average Bonchev–Trinajstić information content (AvgIpc) is 2.57. The fraction of sp³-hybridized carbons (Fsp3) is 0.867. The second-order valence-corrected chi connectivity index (χ2v) is 6.17. The van der Waals surface area contributed by atoms with Crippen molar-refractivity contribution in [3.63, 3.8) is 0 Å². The zero-order valence-corrected chi connectivity index (χ0v) is 11.6. The van der Waals surface area contributed by atoms with Crippen LogP contribution in [0.2, 0.25) is 0 Å². The first-order valence-corrected chi connectivity index (χ1v) is 6.88. The minimum absolute atomic E-state index is 0.156. The lowest BCUT2D eigenvalue weighted by Gasteiger charge is -2.60. The maximum Gasteiger partial charge on any atom is 0.188 e. The van der Waals surface area contributed by atoms with Crippen molar-refractivity contribution in [2.24, 2.45) is 23.7 Å². The molecule has 3 nitrogen and oxygen atoms in total. The van der Waals surface area contributed by atoms with Crippen molar-refractivity contribution in [2.45, 2.75) is 51.3 Å². The topological polar surface area (TPSA) is 27.7 Å². The van der Waals surface area contributed by atoms with Crippen molar-refractivity contribution in [1.29, 1.82) is 0 Å². The summed E-state index contributed by atoms with van der Waals surface area (Å²) in [4.78, 5) is 0. The number of terminal acetylenes is 1.